The molecule has 2 amide bonds. The Labute approximate surface area is 179 Å². The Hall–Kier alpha value is -2.04. The van der Waals surface area contributed by atoms with Gasteiger partial charge in [0, 0.05) is 26.2 Å². The van der Waals surface area contributed by atoms with Crippen LogP contribution in [0.1, 0.15) is 51.4 Å². The zero-order valence-electron chi connectivity index (χ0n) is 17.9. The van der Waals surface area contributed by atoms with Crippen molar-refractivity contribution >= 4 is 11.8 Å². The van der Waals surface area contributed by atoms with E-state index in [1.165, 1.54) is 19.3 Å². The molecule has 5 nitrogen and oxygen atoms in total. The highest BCUT2D eigenvalue weighted by Crippen LogP contribution is 2.60. The van der Waals surface area contributed by atoms with Gasteiger partial charge in [0.1, 0.15) is 5.75 Å². The van der Waals surface area contributed by atoms with Crippen molar-refractivity contribution in [3.05, 3.63) is 30.3 Å². The standard InChI is InChI=1S/C25H34N2O3/c28-23(7-12-30-22-5-2-1-3-6-22)26-8-4-9-27(11-10-26)24(29)25-16-19-13-20(17-25)15-21(14-19)18-25/h1-3,5-6,19-21H,4,7-18H2. The van der Waals surface area contributed by atoms with Gasteiger partial charge in [-0.1, -0.05) is 18.2 Å². The van der Waals surface area contributed by atoms with Crippen LogP contribution in [0.4, 0.5) is 0 Å². The molecule has 0 radical (unpaired) electrons. The van der Waals surface area contributed by atoms with E-state index in [-0.39, 0.29) is 11.3 Å². The minimum atomic E-state index is -0.0720. The van der Waals surface area contributed by atoms with Crippen LogP contribution in [0.15, 0.2) is 30.3 Å². The minimum Gasteiger partial charge on any atom is -0.493 e. The zero-order valence-corrected chi connectivity index (χ0v) is 17.9. The zero-order chi connectivity index (χ0) is 20.6. The van der Waals surface area contributed by atoms with Gasteiger partial charge in [-0.25, -0.2) is 0 Å². The van der Waals surface area contributed by atoms with Crippen molar-refractivity contribution in [2.45, 2.75) is 51.4 Å². The Kier molecular flexibility index (Phi) is 5.46. The number of para-hydroxylation sites is 1. The largest absolute Gasteiger partial charge is 0.493 e. The van der Waals surface area contributed by atoms with Crippen molar-refractivity contribution < 1.29 is 14.3 Å². The lowest BCUT2D eigenvalue weighted by Gasteiger charge is -2.56. The third-order valence-corrected chi connectivity index (χ3v) is 7.96. The molecule has 4 aliphatic carbocycles. The minimum absolute atomic E-state index is 0.0720. The topological polar surface area (TPSA) is 49.9 Å². The van der Waals surface area contributed by atoms with Gasteiger partial charge in [0.25, 0.3) is 0 Å². The Balaban J connectivity index is 1.14. The summed E-state index contributed by atoms with van der Waals surface area (Å²) in [5, 5.41) is 0. The van der Waals surface area contributed by atoms with Gasteiger partial charge < -0.3 is 14.5 Å². The molecule has 0 aromatic heterocycles. The average Bonchev–Trinajstić information content (AvgIpc) is 2.99. The van der Waals surface area contributed by atoms with Crippen LogP contribution in [-0.4, -0.2) is 54.4 Å². The van der Waals surface area contributed by atoms with Crippen molar-refractivity contribution in [2.75, 3.05) is 32.8 Å². The van der Waals surface area contributed by atoms with Gasteiger partial charge in [-0.3, -0.25) is 9.59 Å². The summed E-state index contributed by atoms with van der Waals surface area (Å²) in [5.74, 6) is 3.70. The third kappa shape index (κ3) is 3.95. The fourth-order valence-corrected chi connectivity index (χ4v) is 7.01. The quantitative estimate of drug-likeness (QED) is 0.743. The Morgan fingerprint density at radius 3 is 2.13 bits per heavy atom. The lowest BCUT2D eigenvalue weighted by Crippen LogP contribution is -2.55. The molecule has 1 heterocycles. The predicted octanol–water partition coefficient (Wildman–Crippen LogP) is 3.73. The Morgan fingerprint density at radius 2 is 1.47 bits per heavy atom. The molecular formula is C25H34N2O3. The number of ether oxygens (including phenoxy) is 1. The molecule has 1 saturated heterocycles. The van der Waals surface area contributed by atoms with Crippen LogP contribution in [0.25, 0.3) is 0 Å². The monoisotopic (exact) mass is 410 g/mol. The van der Waals surface area contributed by atoms with E-state index in [0.29, 0.717) is 32.0 Å². The number of benzene rings is 1. The molecule has 6 rings (SSSR count). The molecule has 0 atom stereocenters. The lowest BCUT2D eigenvalue weighted by molar-refractivity contribution is -0.157. The summed E-state index contributed by atoms with van der Waals surface area (Å²) in [7, 11) is 0. The first kappa shape index (κ1) is 19.9. The predicted molar refractivity (Wildman–Crippen MR) is 115 cm³/mol. The SMILES string of the molecule is O=C(CCOc1ccccc1)N1CCCN(C(=O)C23CC4CC(CC(C4)C2)C3)CC1. The van der Waals surface area contributed by atoms with Crippen molar-refractivity contribution in [3.8, 4) is 5.75 Å². The normalized spacial score (nSPS) is 32.7. The van der Waals surface area contributed by atoms with E-state index in [1.807, 2.05) is 35.2 Å². The molecule has 0 unspecified atom stereocenters. The number of hydrogen-bond donors (Lipinski definition) is 0. The molecule has 1 aliphatic heterocycles. The molecule has 1 aromatic rings. The van der Waals surface area contributed by atoms with E-state index in [2.05, 4.69) is 4.90 Å². The summed E-state index contributed by atoms with van der Waals surface area (Å²) < 4.78 is 5.68. The molecule has 5 fully saturated rings. The fraction of sp³-hybridized carbons (Fsp3) is 0.680. The highest BCUT2D eigenvalue weighted by Gasteiger charge is 2.55. The lowest BCUT2D eigenvalue weighted by atomic mass is 9.49. The number of rotatable bonds is 5. The molecule has 0 N–H and O–H groups in total. The molecule has 4 bridgehead atoms. The summed E-state index contributed by atoms with van der Waals surface area (Å²) in [5.41, 5.74) is -0.0720. The van der Waals surface area contributed by atoms with Gasteiger partial charge in [0.05, 0.1) is 18.4 Å². The fourth-order valence-electron chi connectivity index (χ4n) is 7.01. The van der Waals surface area contributed by atoms with Crippen LogP contribution in [0, 0.1) is 23.2 Å². The average molecular weight is 411 g/mol. The van der Waals surface area contributed by atoms with Gasteiger partial charge in [0.15, 0.2) is 0 Å². The van der Waals surface area contributed by atoms with Crippen molar-refractivity contribution in [1.29, 1.82) is 0 Å². The van der Waals surface area contributed by atoms with E-state index in [9.17, 15) is 9.59 Å². The van der Waals surface area contributed by atoms with Gasteiger partial charge in [-0.15, -0.1) is 0 Å². The molecular weight excluding hydrogens is 376 g/mol. The maximum Gasteiger partial charge on any atom is 0.228 e. The molecule has 4 saturated carbocycles. The molecule has 1 aromatic carbocycles. The Bertz CT molecular complexity index is 743. The highest BCUT2D eigenvalue weighted by atomic mass is 16.5. The van der Waals surface area contributed by atoms with Crippen molar-refractivity contribution in [1.82, 2.24) is 9.80 Å². The van der Waals surface area contributed by atoms with E-state index in [4.69, 9.17) is 4.74 Å². The summed E-state index contributed by atoms with van der Waals surface area (Å²) in [4.78, 5) is 30.3. The van der Waals surface area contributed by atoms with E-state index < -0.39 is 0 Å². The number of carbonyl (C=O) groups is 2. The van der Waals surface area contributed by atoms with E-state index >= 15 is 0 Å². The van der Waals surface area contributed by atoms with Crippen LogP contribution in [0.2, 0.25) is 0 Å². The van der Waals surface area contributed by atoms with Crippen LogP contribution < -0.4 is 4.74 Å². The van der Waals surface area contributed by atoms with Gasteiger partial charge in [0.2, 0.25) is 11.8 Å². The summed E-state index contributed by atoms with van der Waals surface area (Å²) in [6.07, 6.45) is 8.70. The molecule has 5 heteroatoms. The summed E-state index contributed by atoms with van der Waals surface area (Å²) >= 11 is 0. The molecule has 162 valence electrons. The van der Waals surface area contributed by atoms with Crippen molar-refractivity contribution in [2.24, 2.45) is 23.2 Å². The van der Waals surface area contributed by atoms with Gasteiger partial charge in [-0.05, 0) is 74.8 Å². The maximum absolute atomic E-state index is 13.6. The second-order valence-electron chi connectivity index (χ2n) is 10.1. The summed E-state index contributed by atoms with van der Waals surface area (Å²) in [6.45, 7) is 3.28. The first-order chi connectivity index (χ1) is 14.6. The van der Waals surface area contributed by atoms with Gasteiger partial charge >= 0.3 is 0 Å². The van der Waals surface area contributed by atoms with Crippen LogP contribution in [-0.2, 0) is 9.59 Å². The highest BCUT2D eigenvalue weighted by molar-refractivity contribution is 5.83. The molecule has 30 heavy (non-hydrogen) atoms. The van der Waals surface area contributed by atoms with Gasteiger partial charge in [-0.2, -0.15) is 0 Å². The molecule has 0 spiro atoms. The van der Waals surface area contributed by atoms with Crippen LogP contribution >= 0.6 is 0 Å². The van der Waals surface area contributed by atoms with E-state index in [0.717, 1.165) is 62.3 Å². The maximum atomic E-state index is 13.6. The second kappa shape index (κ2) is 8.24. The number of hydrogen-bond acceptors (Lipinski definition) is 3. The van der Waals surface area contributed by atoms with Crippen LogP contribution in [0.3, 0.4) is 0 Å². The number of carbonyl (C=O) groups excluding carboxylic acids is 2. The third-order valence-electron chi connectivity index (χ3n) is 7.96. The Morgan fingerprint density at radius 1 is 0.867 bits per heavy atom. The number of amides is 2. The molecule has 5 aliphatic rings. The van der Waals surface area contributed by atoms with Crippen molar-refractivity contribution in [3.63, 3.8) is 0 Å². The number of nitrogens with zero attached hydrogens (tertiary/aromatic N) is 2. The van der Waals surface area contributed by atoms with Crippen LogP contribution in [0.5, 0.6) is 5.75 Å². The summed E-state index contributed by atoms with van der Waals surface area (Å²) in [6, 6.07) is 9.63. The first-order valence-electron chi connectivity index (χ1n) is 11.9. The second-order valence-corrected chi connectivity index (χ2v) is 10.1. The smallest absolute Gasteiger partial charge is 0.228 e. The first-order valence-corrected chi connectivity index (χ1v) is 11.9. The van der Waals surface area contributed by atoms with E-state index in [1.54, 1.807) is 0 Å².